The first-order valence-corrected chi connectivity index (χ1v) is 6.82. The monoisotopic (exact) mass is 300 g/mol. The number of anilines is 2. The number of hydrogen-bond donors (Lipinski definition) is 3. The van der Waals surface area contributed by atoms with Crippen LogP contribution in [0.25, 0.3) is 0 Å². The number of nitrogens with one attached hydrogen (secondary N) is 3. The lowest BCUT2D eigenvalue weighted by Crippen LogP contribution is -2.47. The van der Waals surface area contributed by atoms with E-state index >= 15 is 0 Å². The molecule has 1 amide bonds. The highest BCUT2D eigenvalue weighted by Crippen LogP contribution is 2.19. The van der Waals surface area contributed by atoms with E-state index in [0.29, 0.717) is 6.54 Å². The zero-order valence-corrected chi connectivity index (χ0v) is 13.0. The summed E-state index contributed by atoms with van der Waals surface area (Å²) in [6.45, 7) is 9.34. The van der Waals surface area contributed by atoms with Crippen molar-refractivity contribution in [3.63, 3.8) is 0 Å². The second-order valence-corrected chi connectivity index (χ2v) is 5.78. The Bertz CT molecular complexity index is 514. The summed E-state index contributed by atoms with van der Waals surface area (Å²) in [6.07, 6.45) is 0. The largest absolute Gasteiger partial charge is 0.368 e. The molecule has 0 radical (unpaired) electrons. The van der Waals surface area contributed by atoms with Gasteiger partial charge in [-0.15, -0.1) is 0 Å². The molecule has 0 fully saturated rings. The van der Waals surface area contributed by atoms with Gasteiger partial charge < -0.3 is 16.0 Å². The Morgan fingerprint density at radius 2 is 1.86 bits per heavy atom. The van der Waals surface area contributed by atoms with Crippen LogP contribution in [0.5, 0.6) is 0 Å². The number of pyridine rings is 1. The number of amides is 1. The smallest absolute Gasteiger partial charge is 0.242 e. The Morgan fingerprint density at radius 1 is 1.29 bits per heavy atom. The number of nitrogens with zero attached hydrogens (tertiary/aromatic N) is 1. The van der Waals surface area contributed by atoms with Gasteiger partial charge in [-0.3, -0.25) is 4.79 Å². The molecule has 0 aliphatic carbocycles. The summed E-state index contributed by atoms with van der Waals surface area (Å²) in [5.41, 5.74) is -0.392. The predicted molar refractivity (Wildman–Crippen MR) is 79.3 cm³/mol. The maximum absolute atomic E-state index is 13.7. The molecular formula is C14H22F2N4O. The standard InChI is InChI=1S/C14H22F2N4O/c1-6-17-11-9(15)7-10(16)12(19-11)18-8(2)13(21)20-14(3,4)5/h7-8H,6H2,1-5H3,(H,20,21)(H2,17,18,19). The number of aromatic nitrogens is 1. The van der Waals surface area contributed by atoms with Crippen LogP contribution in [0.15, 0.2) is 6.07 Å². The molecule has 0 spiro atoms. The van der Waals surface area contributed by atoms with Gasteiger partial charge in [-0.05, 0) is 34.6 Å². The third-order valence-electron chi connectivity index (χ3n) is 2.52. The van der Waals surface area contributed by atoms with Crippen molar-refractivity contribution in [1.29, 1.82) is 0 Å². The molecule has 1 aromatic rings. The molecule has 118 valence electrons. The lowest BCUT2D eigenvalue weighted by molar-refractivity contribution is -0.122. The number of halogens is 2. The van der Waals surface area contributed by atoms with Crippen molar-refractivity contribution in [2.45, 2.75) is 46.2 Å². The molecule has 7 heteroatoms. The van der Waals surface area contributed by atoms with Crippen LogP contribution in [0.2, 0.25) is 0 Å². The molecule has 0 aliphatic rings. The van der Waals surface area contributed by atoms with Gasteiger partial charge in [0.25, 0.3) is 0 Å². The maximum Gasteiger partial charge on any atom is 0.242 e. The first kappa shape index (κ1) is 17.1. The summed E-state index contributed by atoms with van der Waals surface area (Å²) in [4.78, 5) is 15.8. The molecule has 0 aromatic carbocycles. The van der Waals surface area contributed by atoms with Crippen molar-refractivity contribution in [3.8, 4) is 0 Å². The summed E-state index contributed by atoms with van der Waals surface area (Å²) >= 11 is 0. The minimum absolute atomic E-state index is 0.0511. The Hall–Kier alpha value is -1.92. The zero-order valence-electron chi connectivity index (χ0n) is 13.0. The molecule has 1 aromatic heterocycles. The Balaban J connectivity index is 2.87. The van der Waals surface area contributed by atoms with Gasteiger partial charge in [-0.25, -0.2) is 13.8 Å². The molecule has 1 rings (SSSR count). The van der Waals surface area contributed by atoms with E-state index in [-0.39, 0.29) is 17.5 Å². The van der Waals surface area contributed by atoms with Gasteiger partial charge in [0, 0.05) is 18.2 Å². The van der Waals surface area contributed by atoms with Crippen LogP contribution in [-0.4, -0.2) is 29.0 Å². The van der Waals surface area contributed by atoms with Crippen molar-refractivity contribution in [2.75, 3.05) is 17.2 Å². The lowest BCUT2D eigenvalue weighted by Gasteiger charge is -2.24. The highest BCUT2D eigenvalue weighted by Gasteiger charge is 2.21. The van der Waals surface area contributed by atoms with Gasteiger partial charge in [0.2, 0.25) is 5.91 Å². The molecule has 5 nitrogen and oxygen atoms in total. The molecule has 0 saturated heterocycles. The van der Waals surface area contributed by atoms with Crippen LogP contribution in [0.4, 0.5) is 20.4 Å². The lowest BCUT2D eigenvalue weighted by atomic mass is 10.1. The van der Waals surface area contributed by atoms with E-state index in [0.717, 1.165) is 6.07 Å². The highest BCUT2D eigenvalue weighted by molar-refractivity contribution is 5.84. The second kappa shape index (κ2) is 6.69. The maximum atomic E-state index is 13.7. The SMILES string of the molecule is CCNc1nc(NC(C)C(=O)NC(C)(C)C)c(F)cc1F. The van der Waals surface area contributed by atoms with E-state index in [1.807, 2.05) is 20.8 Å². The van der Waals surface area contributed by atoms with Gasteiger partial charge in [-0.2, -0.15) is 0 Å². The van der Waals surface area contributed by atoms with E-state index in [1.54, 1.807) is 13.8 Å². The van der Waals surface area contributed by atoms with Crippen molar-refractivity contribution < 1.29 is 13.6 Å². The summed E-state index contributed by atoms with van der Waals surface area (Å²) < 4.78 is 27.2. The molecule has 3 N–H and O–H groups in total. The fourth-order valence-electron chi connectivity index (χ4n) is 1.61. The molecule has 0 bridgehead atoms. The number of carbonyl (C=O) groups excluding carboxylic acids is 1. The van der Waals surface area contributed by atoms with Crippen LogP contribution in [0, 0.1) is 11.6 Å². The predicted octanol–water partition coefficient (Wildman–Crippen LogP) is 2.51. The molecule has 0 saturated carbocycles. The summed E-state index contributed by atoms with van der Waals surface area (Å²) in [7, 11) is 0. The van der Waals surface area contributed by atoms with Crippen molar-refractivity contribution >= 4 is 17.5 Å². The minimum Gasteiger partial charge on any atom is -0.368 e. The van der Waals surface area contributed by atoms with Crippen LogP contribution in [0.3, 0.4) is 0 Å². The average Bonchev–Trinajstić information content (AvgIpc) is 2.33. The van der Waals surface area contributed by atoms with Gasteiger partial charge in [0.05, 0.1) is 0 Å². The van der Waals surface area contributed by atoms with Gasteiger partial charge in [-0.1, -0.05) is 0 Å². The Morgan fingerprint density at radius 3 is 2.38 bits per heavy atom. The third-order valence-corrected chi connectivity index (χ3v) is 2.52. The van der Waals surface area contributed by atoms with E-state index in [2.05, 4.69) is 20.9 Å². The van der Waals surface area contributed by atoms with Crippen LogP contribution in [0.1, 0.15) is 34.6 Å². The normalized spacial score (nSPS) is 12.7. The number of rotatable bonds is 5. The highest BCUT2D eigenvalue weighted by atomic mass is 19.1. The fourth-order valence-corrected chi connectivity index (χ4v) is 1.61. The van der Waals surface area contributed by atoms with Crippen molar-refractivity contribution in [3.05, 3.63) is 17.7 Å². The molecule has 21 heavy (non-hydrogen) atoms. The van der Waals surface area contributed by atoms with Crippen LogP contribution < -0.4 is 16.0 Å². The first-order valence-electron chi connectivity index (χ1n) is 6.82. The van der Waals surface area contributed by atoms with E-state index in [1.165, 1.54) is 0 Å². The van der Waals surface area contributed by atoms with Crippen LogP contribution >= 0.6 is 0 Å². The minimum atomic E-state index is -0.843. The third kappa shape index (κ3) is 5.17. The van der Waals surface area contributed by atoms with Crippen LogP contribution in [-0.2, 0) is 4.79 Å². The van der Waals surface area contributed by atoms with E-state index in [4.69, 9.17) is 0 Å². The zero-order chi connectivity index (χ0) is 16.2. The van der Waals surface area contributed by atoms with Crippen molar-refractivity contribution in [1.82, 2.24) is 10.3 Å². The quantitative estimate of drug-likeness (QED) is 0.781. The Kier molecular flexibility index (Phi) is 5.46. The number of carbonyl (C=O) groups is 1. The van der Waals surface area contributed by atoms with Gasteiger partial charge >= 0.3 is 0 Å². The topological polar surface area (TPSA) is 66.0 Å². The summed E-state index contributed by atoms with van der Waals surface area (Å²) in [5.74, 6) is -2.12. The first-order chi connectivity index (χ1) is 9.64. The molecule has 1 unspecified atom stereocenters. The van der Waals surface area contributed by atoms with E-state index in [9.17, 15) is 13.6 Å². The van der Waals surface area contributed by atoms with Gasteiger partial charge in [0.15, 0.2) is 23.3 Å². The molecule has 1 heterocycles. The van der Waals surface area contributed by atoms with Crippen molar-refractivity contribution in [2.24, 2.45) is 0 Å². The Labute approximate surface area is 123 Å². The average molecular weight is 300 g/mol. The van der Waals surface area contributed by atoms with Gasteiger partial charge in [0.1, 0.15) is 6.04 Å². The fraction of sp³-hybridized carbons (Fsp3) is 0.571. The summed E-state index contributed by atoms with van der Waals surface area (Å²) in [5, 5.41) is 8.11. The van der Waals surface area contributed by atoms with E-state index < -0.39 is 23.2 Å². The molecule has 1 atom stereocenters. The summed E-state index contributed by atoms with van der Waals surface area (Å²) in [6, 6.07) is 0.0352. The molecule has 0 aliphatic heterocycles. The molecular weight excluding hydrogens is 278 g/mol. The number of hydrogen-bond acceptors (Lipinski definition) is 4. The second-order valence-electron chi connectivity index (χ2n) is 5.78.